The molecule has 0 aromatic heterocycles. The summed E-state index contributed by atoms with van der Waals surface area (Å²) >= 11 is 0. The fraction of sp³-hybridized carbons (Fsp3) is 1.00. The first-order chi connectivity index (χ1) is 7.36. The molecule has 4 atom stereocenters. The lowest BCUT2D eigenvalue weighted by atomic mass is 9.83. The van der Waals surface area contributed by atoms with Crippen LogP contribution in [-0.4, -0.2) is 38.1 Å². The SMILES string of the molecule is CCO[C@H]1CO[C@H]2[C@@H]1CCC[C@@H]2OCC. The summed E-state index contributed by atoms with van der Waals surface area (Å²) in [5.74, 6) is 0.565. The maximum Gasteiger partial charge on any atom is 0.0891 e. The highest BCUT2D eigenvalue weighted by Gasteiger charge is 2.44. The molecule has 0 aromatic rings. The van der Waals surface area contributed by atoms with Crippen molar-refractivity contribution in [3.05, 3.63) is 0 Å². The zero-order chi connectivity index (χ0) is 10.7. The Bertz CT molecular complexity index is 193. The molecule has 0 unspecified atom stereocenters. The van der Waals surface area contributed by atoms with Crippen molar-refractivity contribution in [1.29, 1.82) is 0 Å². The molecule has 1 aliphatic carbocycles. The smallest absolute Gasteiger partial charge is 0.0891 e. The number of rotatable bonds is 4. The van der Waals surface area contributed by atoms with E-state index in [1.165, 1.54) is 12.8 Å². The Morgan fingerprint density at radius 2 is 1.80 bits per heavy atom. The topological polar surface area (TPSA) is 27.7 Å². The van der Waals surface area contributed by atoms with Crippen LogP contribution in [-0.2, 0) is 14.2 Å². The molecule has 0 amide bonds. The summed E-state index contributed by atoms with van der Waals surface area (Å²) in [4.78, 5) is 0. The molecule has 0 bridgehead atoms. The molecule has 0 aromatic carbocycles. The largest absolute Gasteiger partial charge is 0.376 e. The third-order valence-corrected chi connectivity index (χ3v) is 3.51. The van der Waals surface area contributed by atoms with Crippen LogP contribution in [0.15, 0.2) is 0 Å². The van der Waals surface area contributed by atoms with Crippen LogP contribution >= 0.6 is 0 Å². The lowest BCUT2D eigenvalue weighted by Crippen LogP contribution is -2.40. The summed E-state index contributed by atoms with van der Waals surface area (Å²) in [5.41, 5.74) is 0. The third kappa shape index (κ3) is 2.35. The van der Waals surface area contributed by atoms with Crippen molar-refractivity contribution in [2.24, 2.45) is 5.92 Å². The summed E-state index contributed by atoms with van der Waals surface area (Å²) in [5, 5.41) is 0. The zero-order valence-corrected chi connectivity index (χ0v) is 9.78. The van der Waals surface area contributed by atoms with Crippen LogP contribution < -0.4 is 0 Å². The number of fused-ring (bicyclic) bond motifs is 1. The number of ether oxygens (including phenoxy) is 3. The fourth-order valence-electron chi connectivity index (χ4n) is 2.89. The molecule has 3 heteroatoms. The first-order valence-electron chi connectivity index (χ1n) is 6.21. The molecule has 1 saturated heterocycles. The van der Waals surface area contributed by atoms with Gasteiger partial charge in [0.25, 0.3) is 0 Å². The maximum absolute atomic E-state index is 5.84. The minimum Gasteiger partial charge on any atom is -0.376 e. The molecule has 1 aliphatic heterocycles. The van der Waals surface area contributed by atoms with E-state index in [2.05, 4.69) is 13.8 Å². The van der Waals surface area contributed by atoms with Crippen molar-refractivity contribution >= 4 is 0 Å². The second-order valence-corrected chi connectivity index (χ2v) is 4.38. The number of hydrogen-bond donors (Lipinski definition) is 0. The summed E-state index contributed by atoms with van der Waals surface area (Å²) < 4.78 is 17.3. The Morgan fingerprint density at radius 1 is 1.07 bits per heavy atom. The van der Waals surface area contributed by atoms with Crippen LogP contribution in [0, 0.1) is 5.92 Å². The predicted molar refractivity (Wildman–Crippen MR) is 57.9 cm³/mol. The zero-order valence-electron chi connectivity index (χ0n) is 9.78. The van der Waals surface area contributed by atoms with E-state index < -0.39 is 0 Å². The Kier molecular flexibility index (Phi) is 4.00. The van der Waals surface area contributed by atoms with Crippen LogP contribution in [0.3, 0.4) is 0 Å². The van der Waals surface area contributed by atoms with Gasteiger partial charge in [0, 0.05) is 19.1 Å². The summed E-state index contributed by atoms with van der Waals surface area (Å²) in [6, 6.07) is 0. The van der Waals surface area contributed by atoms with Gasteiger partial charge < -0.3 is 14.2 Å². The average Bonchev–Trinajstić information content (AvgIpc) is 2.64. The van der Waals surface area contributed by atoms with Crippen molar-refractivity contribution < 1.29 is 14.2 Å². The van der Waals surface area contributed by atoms with E-state index in [1.54, 1.807) is 0 Å². The average molecular weight is 214 g/mol. The molecule has 2 rings (SSSR count). The number of hydrogen-bond acceptors (Lipinski definition) is 3. The third-order valence-electron chi connectivity index (χ3n) is 3.51. The second kappa shape index (κ2) is 5.28. The second-order valence-electron chi connectivity index (χ2n) is 4.38. The molecule has 1 heterocycles. The molecule has 0 spiro atoms. The van der Waals surface area contributed by atoms with Gasteiger partial charge in [0.1, 0.15) is 0 Å². The minimum atomic E-state index is 0.287. The van der Waals surface area contributed by atoms with Crippen molar-refractivity contribution in [2.75, 3.05) is 19.8 Å². The lowest BCUT2D eigenvalue weighted by molar-refractivity contribution is -0.0784. The molecular weight excluding hydrogens is 192 g/mol. The summed E-state index contributed by atoms with van der Waals surface area (Å²) in [6.07, 6.45) is 4.53. The highest BCUT2D eigenvalue weighted by atomic mass is 16.6. The van der Waals surface area contributed by atoms with E-state index in [-0.39, 0.29) is 6.10 Å². The van der Waals surface area contributed by atoms with Crippen molar-refractivity contribution in [2.45, 2.75) is 51.4 Å². The molecule has 0 radical (unpaired) electrons. The Hall–Kier alpha value is -0.120. The van der Waals surface area contributed by atoms with Gasteiger partial charge >= 0.3 is 0 Å². The van der Waals surface area contributed by atoms with E-state index in [0.29, 0.717) is 18.1 Å². The van der Waals surface area contributed by atoms with E-state index in [9.17, 15) is 0 Å². The summed E-state index contributed by atoms with van der Waals surface area (Å²) in [7, 11) is 0. The van der Waals surface area contributed by atoms with Gasteiger partial charge in [0.2, 0.25) is 0 Å². The normalized spacial score (nSPS) is 40.4. The maximum atomic E-state index is 5.84. The molecule has 0 N–H and O–H groups in total. The van der Waals surface area contributed by atoms with Gasteiger partial charge in [-0.3, -0.25) is 0 Å². The van der Waals surface area contributed by atoms with Crippen LogP contribution in [0.5, 0.6) is 0 Å². The Balaban J connectivity index is 1.94. The Morgan fingerprint density at radius 3 is 2.53 bits per heavy atom. The highest BCUT2D eigenvalue weighted by Crippen LogP contribution is 2.37. The highest BCUT2D eigenvalue weighted by molar-refractivity contribution is 4.93. The molecule has 2 fully saturated rings. The van der Waals surface area contributed by atoms with E-state index in [4.69, 9.17) is 14.2 Å². The van der Waals surface area contributed by atoms with Gasteiger partial charge in [-0.2, -0.15) is 0 Å². The van der Waals surface area contributed by atoms with Crippen molar-refractivity contribution in [1.82, 2.24) is 0 Å². The van der Waals surface area contributed by atoms with Gasteiger partial charge in [0.15, 0.2) is 0 Å². The monoisotopic (exact) mass is 214 g/mol. The van der Waals surface area contributed by atoms with E-state index in [0.717, 1.165) is 26.2 Å². The van der Waals surface area contributed by atoms with Gasteiger partial charge in [-0.25, -0.2) is 0 Å². The first kappa shape index (κ1) is 11.4. The summed E-state index contributed by atoms with van der Waals surface area (Å²) in [6.45, 7) is 6.44. The van der Waals surface area contributed by atoms with Crippen LogP contribution in [0.2, 0.25) is 0 Å². The Labute approximate surface area is 92.1 Å². The quantitative estimate of drug-likeness (QED) is 0.716. The molecule has 88 valence electrons. The predicted octanol–water partition coefficient (Wildman–Crippen LogP) is 2.00. The van der Waals surface area contributed by atoms with E-state index in [1.807, 2.05) is 0 Å². The lowest BCUT2D eigenvalue weighted by Gasteiger charge is -2.33. The van der Waals surface area contributed by atoms with Gasteiger partial charge in [0.05, 0.1) is 24.9 Å². The van der Waals surface area contributed by atoms with Gasteiger partial charge in [-0.05, 0) is 26.7 Å². The molecule has 1 saturated carbocycles. The molecule has 2 aliphatic rings. The van der Waals surface area contributed by atoms with Crippen molar-refractivity contribution in [3.63, 3.8) is 0 Å². The first-order valence-corrected chi connectivity index (χ1v) is 6.21. The van der Waals surface area contributed by atoms with Gasteiger partial charge in [-0.1, -0.05) is 6.42 Å². The minimum absolute atomic E-state index is 0.287. The van der Waals surface area contributed by atoms with Crippen LogP contribution in [0.4, 0.5) is 0 Å². The van der Waals surface area contributed by atoms with Crippen molar-refractivity contribution in [3.8, 4) is 0 Å². The van der Waals surface area contributed by atoms with Crippen LogP contribution in [0.25, 0.3) is 0 Å². The fourth-order valence-corrected chi connectivity index (χ4v) is 2.89. The van der Waals surface area contributed by atoms with Crippen LogP contribution in [0.1, 0.15) is 33.1 Å². The molecule has 3 nitrogen and oxygen atoms in total. The molecule has 15 heavy (non-hydrogen) atoms. The van der Waals surface area contributed by atoms with E-state index >= 15 is 0 Å². The molecular formula is C12H22O3. The van der Waals surface area contributed by atoms with Gasteiger partial charge in [-0.15, -0.1) is 0 Å². The standard InChI is InChI=1S/C12H22O3/c1-3-13-10-7-5-6-9-11(14-4-2)8-15-12(9)10/h9-12H,3-8H2,1-2H3/t9-,10+,11+,12+/m1/s1.